The van der Waals surface area contributed by atoms with Gasteiger partial charge in [0.05, 0.1) is 11.9 Å². The minimum Gasteiger partial charge on any atom is -0.376 e. The standard InChI is InChI=1S/C22H25FN4O2S2/c1-14-10-19(15(2)27(14)12-18-4-3-9-29-18)20(28)13-30-22-26-25-21(31-22)24-11-16-5-7-17(23)8-6-16/h5-8,10,18H,3-4,9,11-13H2,1-2H3,(H,24,25). The first-order valence-corrected chi connectivity index (χ1v) is 12.1. The maximum atomic E-state index is 13.0. The van der Waals surface area contributed by atoms with Crippen molar-refractivity contribution in [3.63, 3.8) is 0 Å². The van der Waals surface area contributed by atoms with Crippen molar-refractivity contribution in [1.29, 1.82) is 0 Å². The van der Waals surface area contributed by atoms with E-state index in [9.17, 15) is 9.18 Å². The molecular formula is C22H25FN4O2S2. The molecule has 0 amide bonds. The highest BCUT2D eigenvalue weighted by Gasteiger charge is 2.21. The van der Waals surface area contributed by atoms with Crippen LogP contribution in [-0.4, -0.2) is 39.0 Å². The summed E-state index contributed by atoms with van der Waals surface area (Å²) >= 11 is 2.80. The number of aryl methyl sites for hydroxylation is 1. The highest BCUT2D eigenvalue weighted by atomic mass is 32.2. The van der Waals surface area contributed by atoms with Crippen LogP contribution in [0.15, 0.2) is 34.7 Å². The fraction of sp³-hybridized carbons (Fsp3) is 0.409. The van der Waals surface area contributed by atoms with E-state index >= 15 is 0 Å². The van der Waals surface area contributed by atoms with E-state index in [2.05, 4.69) is 20.1 Å². The number of anilines is 1. The molecule has 0 aliphatic carbocycles. The van der Waals surface area contributed by atoms with Crippen molar-refractivity contribution in [2.75, 3.05) is 17.7 Å². The van der Waals surface area contributed by atoms with Crippen molar-refractivity contribution in [2.24, 2.45) is 0 Å². The summed E-state index contributed by atoms with van der Waals surface area (Å²) in [6, 6.07) is 8.30. The predicted molar refractivity (Wildman–Crippen MR) is 122 cm³/mol. The molecule has 1 aliphatic rings. The van der Waals surface area contributed by atoms with E-state index in [1.165, 1.54) is 35.2 Å². The Morgan fingerprint density at radius 2 is 2.13 bits per heavy atom. The largest absolute Gasteiger partial charge is 0.376 e. The quantitative estimate of drug-likeness (QED) is 0.363. The molecular weight excluding hydrogens is 435 g/mol. The first-order chi connectivity index (χ1) is 15.0. The van der Waals surface area contributed by atoms with Gasteiger partial charge < -0.3 is 14.6 Å². The summed E-state index contributed by atoms with van der Waals surface area (Å²) in [5, 5.41) is 12.1. The second-order valence-electron chi connectivity index (χ2n) is 7.60. The number of carbonyl (C=O) groups excluding carboxylic acids is 1. The van der Waals surface area contributed by atoms with Gasteiger partial charge in [0.15, 0.2) is 10.1 Å². The molecule has 4 rings (SSSR count). The number of benzene rings is 1. The van der Waals surface area contributed by atoms with Crippen molar-refractivity contribution >= 4 is 34.0 Å². The number of halogens is 1. The van der Waals surface area contributed by atoms with E-state index in [1.807, 2.05) is 19.9 Å². The maximum absolute atomic E-state index is 13.0. The Morgan fingerprint density at radius 3 is 2.87 bits per heavy atom. The number of Topliss-reactive ketones (excluding diaryl/α,β-unsaturated/α-hetero) is 1. The molecule has 31 heavy (non-hydrogen) atoms. The Bertz CT molecular complexity index is 1040. The van der Waals surface area contributed by atoms with E-state index in [4.69, 9.17) is 4.74 Å². The van der Waals surface area contributed by atoms with E-state index in [1.54, 1.807) is 12.1 Å². The molecule has 0 radical (unpaired) electrons. The monoisotopic (exact) mass is 460 g/mol. The smallest absolute Gasteiger partial charge is 0.206 e. The average molecular weight is 461 g/mol. The van der Waals surface area contributed by atoms with Crippen molar-refractivity contribution in [1.82, 2.24) is 14.8 Å². The predicted octanol–water partition coefficient (Wildman–Crippen LogP) is 4.86. The number of nitrogens with one attached hydrogen (secondary N) is 1. The van der Waals surface area contributed by atoms with Crippen LogP contribution in [0.4, 0.5) is 9.52 Å². The third-order valence-electron chi connectivity index (χ3n) is 5.37. The second-order valence-corrected chi connectivity index (χ2v) is 9.80. The van der Waals surface area contributed by atoms with Crippen molar-refractivity contribution in [3.05, 3.63) is 58.7 Å². The van der Waals surface area contributed by atoms with E-state index in [0.29, 0.717) is 17.4 Å². The van der Waals surface area contributed by atoms with Crippen LogP contribution < -0.4 is 5.32 Å². The molecule has 1 aliphatic heterocycles. The fourth-order valence-corrected chi connectivity index (χ4v) is 5.31. The number of rotatable bonds is 9. The van der Waals surface area contributed by atoms with Gasteiger partial charge in [-0.1, -0.05) is 35.2 Å². The first-order valence-electron chi connectivity index (χ1n) is 10.3. The number of hydrogen-bond donors (Lipinski definition) is 1. The molecule has 3 heterocycles. The highest BCUT2D eigenvalue weighted by molar-refractivity contribution is 8.01. The summed E-state index contributed by atoms with van der Waals surface area (Å²) in [6.45, 7) is 6.21. The summed E-state index contributed by atoms with van der Waals surface area (Å²) in [5.41, 5.74) is 3.81. The summed E-state index contributed by atoms with van der Waals surface area (Å²) in [4.78, 5) is 12.8. The summed E-state index contributed by atoms with van der Waals surface area (Å²) in [6.07, 6.45) is 2.42. The number of ether oxygens (including phenoxy) is 1. The molecule has 1 N–H and O–H groups in total. The molecule has 0 saturated carbocycles. The number of hydrogen-bond acceptors (Lipinski definition) is 7. The normalized spacial score (nSPS) is 16.0. The number of ketones is 1. The molecule has 1 saturated heterocycles. The Kier molecular flexibility index (Phi) is 7.04. The lowest BCUT2D eigenvalue weighted by atomic mass is 10.2. The molecule has 2 aromatic heterocycles. The molecule has 3 aromatic rings. The number of carbonyl (C=O) groups is 1. The molecule has 1 fully saturated rings. The van der Waals surface area contributed by atoms with Crippen molar-refractivity contribution in [3.8, 4) is 0 Å². The van der Waals surface area contributed by atoms with Crippen LogP contribution in [0.5, 0.6) is 0 Å². The Hall–Kier alpha value is -2.23. The van der Waals surface area contributed by atoms with Gasteiger partial charge in [0.25, 0.3) is 0 Å². The average Bonchev–Trinajstić information content (AvgIpc) is 3.50. The zero-order valence-electron chi connectivity index (χ0n) is 17.6. The van der Waals surface area contributed by atoms with Gasteiger partial charge in [-0.05, 0) is 50.5 Å². The van der Waals surface area contributed by atoms with Gasteiger partial charge in [0, 0.05) is 36.6 Å². The molecule has 9 heteroatoms. The van der Waals surface area contributed by atoms with Crippen LogP contribution in [0.2, 0.25) is 0 Å². The van der Waals surface area contributed by atoms with Gasteiger partial charge in [-0.15, -0.1) is 10.2 Å². The lowest BCUT2D eigenvalue weighted by Gasteiger charge is -2.14. The fourth-order valence-electron chi connectivity index (χ4n) is 3.68. The first kappa shape index (κ1) is 22.0. The minimum absolute atomic E-state index is 0.0905. The van der Waals surface area contributed by atoms with Gasteiger partial charge >= 0.3 is 0 Å². The van der Waals surface area contributed by atoms with E-state index < -0.39 is 0 Å². The molecule has 1 atom stereocenters. The Balaban J connectivity index is 1.31. The van der Waals surface area contributed by atoms with Crippen molar-refractivity contribution < 1.29 is 13.9 Å². The zero-order valence-corrected chi connectivity index (χ0v) is 19.2. The van der Waals surface area contributed by atoms with Crippen LogP contribution in [0.1, 0.15) is 40.2 Å². The Labute approximate surface area is 189 Å². The summed E-state index contributed by atoms with van der Waals surface area (Å²) in [7, 11) is 0. The number of aromatic nitrogens is 3. The van der Waals surface area contributed by atoms with Crippen molar-refractivity contribution in [2.45, 2.75) is 50.2 Å². The number of thioether (sulfide) groups is 1. The zero-order chi connectivity index (χ0) is 21.8. The van der Waals surface area contributed by atoms with Crippen LogP contribution in [0.25, 0.3) is 0 Å². The lowest BCUT2D eigenvalue weighted by molar-refractivity contribution is 0.0957. The topological polar surface area (TPSA) is 69.0 Å². The van der Waals surface area contributed by atoms with Gasteiger partial charge in [-0.25, -0.2) is 4.39 Å². The second kappa shape index (κ2) is 9.93. The SMILES string of the molecule is Cc1cc(C(=O)CSc2nnc(NCc3ccc(F)cc3)s2)c(C)n1CC1CCCO1. The third-order valence-corrected chi connectivity index (χ3v) is 7.39. The van der Waals surface area contributed by atoms with Gasteiger partial charge in [-0.3, -0.25) is 4.79 Å². The van der Waals surface area contributed by atoms with Crippen LogP contribution in [0.3, 0.4) is 0 Å². The molecule has 1 unspecified atom stereocenters. The van der Waals surface area contributed by atoms with E-state index in [0.717, 1.165) is 52.8 Å². The van der Waals surface area contributed by atoms with E-state index in [-0.39, 0.29) is 17.7 Å². The minimum atomic E-state index is -0.254. The van der Waals surface area contributed by atoms with Crippen LogP contribution in [-0.2, 0) is 17.8 Å². The highest BCUT2D eigenvalue weighted by Crippen LogP contribution is 2.28. The van der Waals surface area contributed by atoms with Crippen LogP contribution in [0, 0.1) is 19.7 Å². The number of nitrogens with zero attached hydrogens (tertiary/aromatic N) is 3. The molecule has 0 bridgehead atoms. The molecule has 6 nitrogen and oxygen atoms in total. The summed E-state index contributed by atoms with van der Waals surface area (Å²) in [5.74, 6) is 0.153. The molecule has 0 spiro atoms. The summed E-state index contributed by atoms with van der Waals surface area (Å²) < 4.78 is 21.7. The lowest BCUT2D eigenvalue weighted by Crippen LogP contribution is -2.17. The Morgan fingerprint density at radius 1 is 1.32 bits per heavy atom. The molecule has 164 valence electrons. The van der Waals surface area contributed by atoms with Gasteiger partial charge in [0.1, 0.15) is 5.82 Å². The van der Waals surface area contributed by atoms with Gasteiger partial charge in [-0.2, -0.15) is 0 Å². The molecule has 1 aromatic carbocycles. The maximum Gasteiger partial charge on any atom is 0.206 e. The third kappa shape index (κ3) is 5.53. The van der Waals surface area contributed by atoms with Gasteiger partial charge in [0.2, 0.25) is 5.13 Å². The van der Waals surface area contributed by atoms with Crippen LogP contribution >= 0.6 is 23.1 Å².